The molecule has 0 heterocycles. The van der Waals surface area contributed by atoms with Gasteiger partial charge in [0.05, 0.1) is 8.07 Å². The van der Waals surface area contributed by atoms with E-state index in [1.165, 1.54) is 17.3 Å². The second-order valence-electron chi connectivity index (χ2n) is 5.69. The van der Waals surface area contributed by atoms with Crippen LogP contribution in [0, 0.1) is 5.82 Å². The van der Waals surface area contributed by atoms with Crippen molar-refractivity contribution in [2.45, 2.75) is 26.2 Å². The molecule has 1 nitrogen and oxygen atoms in total. The van der Waals surface area contributed by atoms with Crippen LogP contribution in [0.5, 0.6) is 5.75 Å². The van der Waals surface area contributed by atoms with Crippen molar-refractivity contribution in [1.82, 2.24) is 0 Å². The zero-order chi connectivity index (χ0) is 13.9. The van der Waals surface area contributed by atoms with Gasteiger partial charge in [-0.3, -0.25) is 0 Å². The zero-order valence-electron chi connectivity index (χ0n) is 11.6. The molecular formula is C16H19FOSi. The van der Waals surface area contributed by atoms with Gasteiger partial charge >= 0.3 is 0 Å². The number of halogens is 1. The summed E-state index contributed by atoms with van der Waals surface area (Å²) in [4.78, 5) is 0. The molecule has 2 aromatic rings. The summed E-state index contributed by atoms with van der Waals surface area (Å²) in [5, 5.41) is 1.43. The summed E-state index contributed by atoms with van der Waals surface area (Å²) in [5.41, 5.74) is 1.10. The third-order valence-electron chi connectivity index (χ3n) is 3.02. The summed E-state index contributed by atoms with van der Waals surface area (Å²) in [6.07, 6.45) is 0. The van der Waals surface area contributed by atoms with Gasteiger partial charge in [0.15, 0.2) is 0 Å². The Balaban J connectivity index is 2.01. The van der Waals surface area contributed by atoms with E-state index in [2.05, 4.69) is 43.9 Å². The minimum Gasteiger partial charge on any atom is -0.489 e. The fraction of sp³-hybridized carbons (Fsp3) is 0.250. The fourth-order valence-electron chi connectivity index (χ4n) is 1.82. The van der Waals surface area contributed by atoms with Gasteiger partial charge in [-0.05, 0) is 17.7 Å². The topological polar surface area (TPSA) is 9.23 Å². The maximum absolute atomic E-state index is 13.0. The molecule has 0 atom stereocenters. The molecule has 0 saturated carbocycles. The number of benzene rings is 2. The van der Waals surface area contributed by atoms with Gasteiger partial charge in [0, 0.05) is 6.07 Å². The minimum atomic E-state index is -1.24. The molecule has 0 aliphatic rings. The molecule has 3 heteroatoms. The van der Waals surface area contributed by atoms with Crippen molar-refractivity contribution in [2.24, 2.45) is 0 Å². The second-order valence-corrected chi connectivity index (χ2v) is 10.8. The summed E-state index contributed by atoms with van der Waals surface area (Å²) in [5.74, 6) is 0.292. The fourth-order valence-corrected chi connectivity index (χ4v) is 2.99. The molecule has 0 aliphatic heterocycles. The van der Waals surface area contributed by atoms with Crippen LogP contribution in [-0.4, -0.2) is 8.07 Å². The summed E-state index contributed by atoms with van der Waals surface area (Å²) in [6, 6.07) is 14.8. The first-order valence-electron chi connectivity index (χ1n) is 6.43. The lowest BCUT2D eigenvalue weighted by atomic mass is 10.2. The lowest BCUT2D eigenvalue weighted by Gasteiger charge is -2.16. The minimum absolute atomic E-state index is 0.272. The Morgan fingerprint density at radius 2 is 1.68 bits per heavy atom. The highest BCUT2D eigenvalue weighted by atomic mass is 28.3. The Hall–Kier alpha value is -1.61. The summed E-state index contributed by atoms with van der Waals surface area (Å²) >= 11 is 0. The van der Waals surface area contributed by atoms with E-state index < -0.39 is 8.07 Å². The van der Waals surface area contributed by atoms with Crippen LogP contribution in [0.15, 0.2) is 48.5 Å². The van der Waals surface area contributed by atoms with E-state index in [4.69, 9.17) is 4.74 Å². The number of hydrogen-bond acceptors (Lipinski definition) is 1. The molecule has 100 valence electrons. The van der Waals surface area contributed by atoms with E-state index >= 15 is 0 Å². The van der Waals surface area contributed by atoms with Gasteiger partial charge < -0.3 is 4.74 Å². The highest BCUT2D eigenvalue weighted by Crippen LogP contribution is 2.14. The van der Waals surface area contributed by atoms with E-state index in [0.29, 0.717) is 12.4 Å². The molecule has 0 amide bonds. The van der Waals surface area contributed by atoms with Crippen molar-refractivity contribution in [3.63, 3.8) is 0 Å². The molecule has 0 aromatic heterocycles. The van der Waals surface area contributed by atoms with Crippen molar-refractivity contribution in [2.75, 3.05) is 0 Å². The quantitative estimate of drug-likeness (QED) is 0.767. The molecule has 2 aromatic carbocycles. The lowest BCUT2D eigenvalue weighted by molar-refractivity contribution is 0.304. The molecule has 0 bridgehead atoms. The third kappa shape index (κ3) is 3.93. The molecular weight excluding hydrogens is 255 g/mol. The van der Waals surface area contributed by atoms with Crippen LogP contribution in [0.3, 0.4) is 0 Å². The van der Waals surface area contributed by atoms with Gasteiger partial charge in [0.2, 0.25) is 0 Å². The average Bonchev–Trinajstić information content (AvgIpc) is 2.36. The van der Waals surface area contributed by atoms with Crippen LogP contribution in [-0.2, 0) is 6.61 Å². The highest BCUT2D eigenvalue weighted by molar-refractivity contribution is 6.88. The van der Waals surface area contributed by atoms with Crippen molar-refractivity contribution in [1.29, 1.82) is 0 Å². The first-order valence-corrected chi connectivity index (χ1v) is 9.93. The van der Waals surface area contributed by atoms with Crippen LogP contribution in [0.4, 0.5) is 4.39 Å². The number of rotatable bonds is 4. The highest BCUT2D eigenvalue weighted by Gasteiger charge is 2.15. The lowest BCUT2D eigenvalue weighted by Crippen LogP contribution is -2.37. The SMILES string of the molecule is C[Si](C)(C)c1ccc(COc2cccc(F)c2)cc1. The van der Waals surface area contributed by atoms with Gasteiger partial charge in [0.1, 0.15) is 18.2 Å². The molecule has 2 rings (SSSR count). The van der Waals surface area contributed by atoms with Crippen LogP contribution >= 0.6 is 0 Å². The number of ether oxygens (including phenoxy) is 1. The smallest absolute Gasteiger partial charge is 0.126 e. The Labute approximate surface area is 115 Å². The van der Waals surface area contributed by atoms with Crippen molar-refractivity contribution >= 4 is 13.3 Å². The van der Waals surface area contributed by atoms with Crippen molar-refractivity contribution < 1.29 is 9.13 Å². The molecule has 0 spiro atoms. The van der Waals surface area contributed by atoms with Crippen LogP contribution in [0.1, 0.15) is 5.56 Å². The normalized spacial score (nSPS) is 11.4. The maximum Gasteiger partial charge on any atom is 0.126 e. The Bertz CT molecular complexity index is 543. The van der Waals surface area contributed by atoms with Crippen LogP contribution in [0.2, 0.25) is 19.6 Å². The molecule has 0 fully saturated rings. The standard InChI is InChI=1S/C16H19FOSi/c1-19(2,3)16-9-7-13(8-10-16)12-18-15-6-4-5-14(17)11-15/h4-11H,12H2,1-3H3. The Morgan fingerprint density at radius 1 is 1.00 bits per heavy atom. The number of hydrogen-bond donors (Lipinski definition) is 0. The largest absolute Gasteiger partial charge is 0.489 e. The van der Waals surface area contributed by atoms with Gasteiger partial charge in [-0.1, -0.05) is 55.2 Å². The molecule has 19 heavy (non-hydrogen) atoms. The van der Waals surface area contributed by atoms with Gasteiger partial charge in [-0.25, -0.2) is 4.39 Å². The Morgan fingerprint density at radius 3 is 2.26 bits per heavy atom. The van der Waals surface area contributed by atoms with E-state index in [-0.39, 0.29) is 5.82 Å². The predicted molar refractivity (Wildman–Crippen MR) is 80.2 cm³/mol. The van der Waals surface area contributed by atoms with E-state index in [0.717, 1.165) is 5.56 Å². The van der Waals surface area contributed by atoms with Crippen molar-refractivity contribution in [3.8, 4) is 5.75 Å². The molecule has 0 aliphatic carbocycles. The summed E-state index contributed by atoms with van der Waals surface area (Å²) < 4.78 is 18.6. The molecule has 0 N–H and O–H groups in total. The first kappa shape index (κ1) is 13.8. The van der Waals surface area contributed by atoms with E-state index in [1.54, 1.807) is 12.1 Å². The molecule has 0 radical (unpaired) electrons. The maximum atomic E-state index is 13.0. The van der Waals surface area contributed by atoms with Crippen molar-refractivity contribution in [3.05, 3.63) is 59.9 Å². The van der Waals surface area contributed by atoms with Crippen LogP contribution < -0.4 is 9.92 Å². The monoisotopic (exact) mass is 274 g/mol. The van der Waals surface area contributed by atoms with E-state index in [1.807, 2.05) is 0 Å². The Kier molecular flexibility index (Phi) is 4.05. The molecule has 0 unspecified atom stereocenters. The van der Waals surface area contributed by atoms with E-state index in [9.17, 15) is 4.39 Å². The average molecular weight is 274 g/mol. The summed E-state index contributed by atoms with van der Waals surface area (Å²) in [6.45, 7) is 7.44. The van der Waals surface area contributed by atoms with Gasteiger partial charge in [-0.15, -0.1) is 0 Å². The van der Waals surface area contributed by atoms with Gasteiger partial charge in [-0.2, -0.15) is 0 Å². The first-order chi connectivity index (χ1) is 8.95. The third-order valence-corrected chi connectivity index (χ3v) is 5.09. The van der Waals surface area contributed by atoms with Crippen LogP contribution in [0.25, 0.3) is 0 Å². The summed E-state index contributed by atoms with van der Waals surface area (Å²) in [7, 11) is -1.24. The zero-order valence-corrected chi connectivity index (χ0v) is 12.6. The molecule has 0 saturated heterocycles. The second kappa shape index (κ2) is 5.57. The predicted octanol–water partition coefficient (Wildman–Crippen LogP) is 3.95. The van der Waals surface area contributed by atoms with Gasteiger partial charge in [0.25, 0.3) is 0 Å².